The van der Waals surface area contributed by atoms with Crippen molar-refractivity contribution in [3.63, 3.8) is 0 Å². The Morgan fingerprint density at radius 2 is 2.06 bits per heavy atom. The maximum Gasteiger partial charge on any atom is 0.240 e. The van der Waals surface area contributed by atoms with Gasteiger partial charge in [0.25, 0.3) is 0 Å². The van der Waals surface area contributed by atoms with Crippen molar-refractivity contribution in [1.82, 2.24) is 5.43 Å². The third kappa shape index (κ3) is 5.45. The fraction of sp³-hybridized carbons (Fsp3) is 0.385. The molecule has 3 N–H and O–H groups in total. The lowest BCUT2D eigenvalue weighted by Gasteiger charge is -2.00. The molecule has 0 aromatic heterocycles. The van der Waals surface area contributed by atoms with Crippen molar-refractivity contribution in [3.8, 4) is 5.75 Å². The molecule has 5 heteroatoms. The van der Waals surface area contributed by atoms with Gasteiger partial charge in [0.05, 0.1) is 6.21 Å². The molecule has 1 aromatic rings. The largest absolute Gasteiger partial charge is 0.507 e. The van der Waals surface area contributed by atoms with E-state index in [1.165, 1.54) is 6.21 Å². The first-order chi connectivity index (χ1) is 8.74. The van der Waals surface area contributed by atoms with Crippen LogP contribution in [0.15, 0.2) is 29.4 Å². The molecule has 0 spiro atoms. The van der Waals surface area contributed by atoms with Gasteiger partial charge in [0, 0.05) is 18.6 Å². The van der Waals surface area contributed by atoms with E-state index in [0.717, 1.165) is 12.8 Å². The second-order valence-corrected chi connectivity index (χ2v) is 3.89. The van der Waals surface area contributed by atoms with E-state index in [1.54, 1.807) is 24.3 Å². The number of nitrogens with zero attached hydrogens (tertiary/aromatic N) is 1. The highest BCUT2D eigenvalue weighted by atomic mass is 16.3. The van der Waals surface area contributed by atoms with E-state index in [4.69, 9.17) is 5.11 Å². The molecule has 0 radical (unpaired) electrons. The van der Waals surface area contributed by atoms with E-state index >= 15 is 0 Å². The van der Waals surface area contributed by atoms with Gasteiger partial charge >= 0.3 is 0 Å². The first kappa shape index (κ1) is 14.2. The minimum Gasteiger partial charge on any atom is -0.507 e. The van der Waals surface area contributed by atoms with Crippen molar-refractivity contribution in [1.29, 1.82) is 0 Å². The van der Waals surface area contributed by atoms with Gasteiger partial charge in [-0.15, -0.1) is 0 Å². The van der Waals surface area contributed by atoms with E-state index in [2.05, 4.69) is 10.5 Å². The Morgan fingerprint density at radius 1 is 1.28 bits per heavy atom. The Balaban J connectivity index is 2.28. The second kappa shape index (κ2) is 8.25. The quantitative estimate of drug-likeness (QED) is 0.388. The van der Waals surface area contributed by atoms with Crippen molar-refractivity contribution in [3.05, 3.63) is 29.8 Å². The van der Waals surface area contributed by atoms with Crippen molar-refractivity contribution in [2.45, 2.75) is 25.7 Å². The third-order valence-electron chi connectivity index (χ3n) is 2.39. The smallest absolute Gasteiger partial charge is 0.240 e. The van der Waals surface area contributed by atoms with Crippen LogP contribution in [-0.4, -0.2) is 28.9 Å². The maximum absolute atomic E-state index is 11.3. The fourth-order valence-electron chi connectivity index (χ4n) is 1.40. The maximum atomic E-state index is 11.3. The van der Waals surface area contributed by atoms with Crippen LogP contribution in [0.3, 0.4) is 0 Å². The Hall–Kier alpha value is -1.88. The van der Waals surface area contributed by atoms with Crippen LogP contribution in [0, 0.1) is 0 Å². The molecule has 0 unspecified atom stereocenters. The predicted molar refractivity (Wildman–Crippen MR) is 69.4 cm³/mol. The number of aliphatic hydroxyl groups excluding tert-OH is 1. The lowest BCUT2D eigenvalue weighted by molar-refractivity contribution is -0.121. The average Bonchev–Trinajstić information content (AvgIpc) is 2.37. The van der Waals surface area contributed by atoms with Crippen molar-refractivity contribution in [2.24, 2.45) is 5.10 Å². The highest BCUT2D eigenvalue weighted by Gasteiger charge is 1.99. The van der Waals surface area contributed by atoms with Gasteiger partial charge in [0.1, 0.15) is 5.75 Å². The van der Waals surface area contributed by atoms with Crippen LogP contribution in [0.25, 0.3) is 0 Å². The minimum absolute atomic E-state index is 0.124. The van der Waals surface area contributed by atoms with Crippen LogP contribution in [0.2, 0.25) is 0 Å². The first-order valence-electron chi connectivity index (χ1n) is 5.95. The number of carbonyl (C=O) groups is 1. The van der Waals surface area contributed by atoms with Crippen molar-refractivity contribution < 1.29 is 15.0 Å². The number of rotatable bonds is 7. The molecule has 0 aliphatic rings. The van der Waals surface area contributed by atoms with E-state index in [9.17, 15) is 9.90 Å². The molecule has 98 valence electrons. The first-order valence-corrected chi connectivity index (χ1v) is 5.95. The van der Waals surface area contributed by atoms with Gasteiger partial charge in [0.15, 0.2) is 0 Å². The second-order valence-electron chi connectivity index (χ2n) is 3.89. The molecular weight excluding hydrogens is 232 g/mol. The lowest BCUT2D eigenvalue weighted by Crippen LogP contribution is -2.16. The molecule has 5 nitrogen and oxygen atoms in total. The van der Waals surface area contributed by atoms with Crippen LogP contribution in [0.1, 0.15) is 31.2 Å². The van der Waals surface area contributed by atoms with Gasteiger partial charge in [-0.3, -0.25) is 4.79 Å². The zero-order valence-corrected chi connectivity index (χ0v) is 10.2. The van der Waals surface area contributed by atoms with Gasteiger partial charge < -0.3 is 10.2 Å². The molecule has 0 aliphatic heterocycles. The van der Waals surface area contributed by atoms with Gasteiger partial charge in [-0.25, -0.2) is 5.43 Å². The van der Waals surface area contributed by atoms with Crippen LogP contribution in [-0.2, 0) is 4.79 Å². The normalized spacial score (nSPS) is 10.7. The SMILES string of the molecule is O=C(CCCCCO)N/N=C/c1ccccc1O. The highest BCUT2D eigenvalue weighted by molar-refractivity contribution is 5.84. The number of hydrogen-bond acceptors (Lipinski definition) is 4. The molecule has 18 heavy (non-hydrogen) atoms. The summed E-state index contributed by atoms with van der Waals surface area (Å²) >= 11 is 0. The molecule has 1 aromatic carbocycles. The number of amides is 1. The number of para-hydroxylation sites is 1. The Morgan fingerprint density at radius 3 is 2.78 bits per heavy atom. The summed E-state index contributed by atoms with van der Waals surface area (Å²) in [7, 11) is 0. The van der Waals surface area contributed by atoms with Crippen molar-refractivity contribution >= 4 is 12.1 Å². The van der Waals surface area contributed by atoms with E-state index in [-0.39, 0.29) is 18.3 Å². The third-order valence-corrected chi connectivity index (χ3v) is 2.39. The fourth-order valence-corrected chi connectivity index (χ4v) is 1.40. The number of phenols is 1. The zero-order chi connectivity index (χ0) is 13.2. The predicted octanol–water partition coefficient (Wildman–Crippen LogP) is 1.39. The van der Waals surface area contributed by atoms with Crippen LogP contribution in [0.5, 0.6) is 5.75 Å². The van der Waals surface area contributed by atoms with Crippen molar-refractivity contribution in [2.75, 3.05) is 6.61 Å². The Labute approximate surface area is 106 Å². The molecule has 0 atom stereocenters. The average molecular weight is 250 g/mol. The van der Waals surface area contributed by atoms with Gasteiger partial charge in [-0.05, 0) is 25.0 Å². The Kier molecular flexibility index (Phi) is 6.50. The Bertz CT molecular complexity index is 405. The molecule has 0 bridgehead atoms. The molecular formula is C13H18N2O3. The van der Waals surface area contributed by atoms with E-state index < -0.39 is 0 Å². The monoisotopic (exact) mass is 250 g/mol. The summed E-state index contributed by atoms with van der Waals surface area (Å²) in [6.45, 7) is 0.160. The molecule has 0 fully saturated rings. The summed E-state index contributed by atoms with van der Waals surface area (Å²) in [5.41, 5.74) is 2.95. The number of carbonyl (C=O) groups excluding carboxylic acids is 1. The number of hydrazone groups is 1. The molecule has 0 saturated heterocycles. The van der Waals surface area contributed by atoms with Gasteiger partial charge in [0.2, 0.25) is 5.91 Å². The van der Waals surface area contributed by atoms with Gasteiger partial charge in [-0.1, -0.05) is 18.6 Å². The van der Waals surface area contributed by atoms with Crippen LogP contribution >= 0.6 is 0 Å². The minimum atomic E-state index is -0.167. The summed E-state index contributed by atoms with van der Waals surface area (Å²) in [6.07, 6.45) is 4.07. The zero-order valence-electron chi connectivity index (χ0n) is 10.2. The number of benzene rings is 1. The summed E-state index contributed by atoms with van der Waals surface area (Å²) in [5, 5.41) is 21.8. The summed E-state index contributed by atoms with van der Waals surface area (Å²) < 4.78 is 0. The molecule has 0 saturated carbocycles. The standard InChI is InChI=1S/C13H18N2O3/c16-9-5-1-2-8-13(18)15-14-10-11-6-3-4-7-12(11)17/h3-4,6-7,10,16-17H,1-2,5,8-9H2,(H,15,18)/b14-10+. The van der Waals surface area contributed by atoms with E-state index in [0.29, 0.717) is 18.4 Å². The number of phenolic OH excluding ortho intramolecular Hbond substituents is 1. The summed E-state index contributed by atoms with van der Waals surface area (Å²) in [6, 6.07) is 6.74. The number of aromatic hydroxyl groups is 1. The molecule has 0 heterocycles. The molecule has 1 rings (SSSR count). The van der Waals surface area contributed by atoms with Crippen LogP contribution in [0.4, 0.5) is 0 Å². The van der Waals surface area contributed by atoms with E-state index in [1.807, 2.05) is 0 Å². The topological polar surface area (TPSA) is 81.9 Å². The summed E-state index contributed by atoms with van der Waals surface area (Å²) in [4.78, 5) is 11.3. The van der Waals surface area contributed by atoms with Gasteiger partial charge in [-0.2, -0.15) is 5.10 Å². The number of unbranched alkanes of at least 4 members (excludes halogenated alkanes) is 2. The number of nitrogens with one attached hydrogen (secondary N) is 1. The highest BCUT2D eigenvalue weighted by Crippen LogP contribution is 2.12. The number of hydrogen-bond donors (Lipinski definition) is 3. The summed E-state index contributed by atoms with van der Waals surface area (Å²) in [5.74, 6) is -0.0435. The number of aliphatic hydroxyl groups is 1. The lowest BCUT2D eigenvalue weighted by atomic mass is 10.2. The van der Waals surface area contributed by atoms with Crippen LogP contribution < -0.4 is 5.43 Å². The molecule has 0 aliphatic carbocycles. The molecule has 1 amide bonds.